The maximum atomic E-state index is 11.2. The van der Waals surface area contributed by atoms with Gasteiger partial charge in [0.25, 0.3) is 0 Å². The second-order valence-electron chi connectivity index (χ2n) is 6.80. The van der Waals surface area contributed by atoms with Crippen LogP contribution in [-0.4, -0.2) is 17.9 Å². The molecule has 3 nitrogen and oxygen atoms in total. The van der Waals surface area contributed by atoms with E-state index in [0.717, 1.165) is 44.9 Å². The summed E-state index contributed by atoms with van der Waals surface area (Å²) in [5.41, 5.74) is 0. The van der Waals surface area contributed by atoms with Crippen molar-refractivity contribution in [2.45, 2.75) is 110 Å². The maximum Gasteiger partial charge on any atom is 0.302 e. The Bertz CT molecular complexity index is 347. The molecule has 0 saturated heterocycles. The van der Waals surface area contributed by atoms with Gasteiger partial charge in [0.2, 0.25) is 0 Å². The lowest BCUT2D eigenvalue weighted by Crippen LogP contribution is -2.15. The zero-order chi connectivity index (χ0) is 18.0. The van der Waals surface area contributed by atoms with Crippen LogP contribution in [0.1, 0.15) is 104 Å². The van der Waals surface area contributed by atoms with Crippen LogP contribution in [0, 0.1) is 0 Å². The third-order valence-electron chi connectivity index (χ3n) is 4.18. The lowest BCUT2D eigenvalue weighted by atomic mass is 10.1. The molecular weight excluding hydrogens is 300 g/mol. The number of allylic oxidation sites excluding steroid dienone is 1. The van der Waals surface area contributed by atoms with Crippen molar-refractivity contribution in [2.24, 2.45) is 0 Å². The fraction of sp³-hybridized carbons (Fsp3) is 0.810. The Hall–Kier alpha value is -1.12. The van der Waals surface area contributed by atoms with E-state index in [1.54, 1.807) is 6.92 Å². The summed E-state index contributed by atoms with van der Waals surface area (Å²) in [6.45, 7) is 5.36. The van der Waals surface area contributed by atoms with Crippen LogP contribution in [0.5, 0.6) is 0 Å². The molecule has 0 aliphatic carbocycles. The first kappa shape index (κ1) is 22.9. The normalized spacial score (nSPS) is 12.5. The average molecular weight is 339 g/mol. The van der Waals surface area contributed by atoms with Gasteiger partial charge in [-0.25, -0.2) is 0 Å². The first-order chi connectivity index (χ1) is 11.6. The number of rotatable bonds is 16. The Morgan fingerprint density at radius 1 is 0.875 bits per heavy atom. The predicted molar refractivity (Wildman–Crippen MR) is 101 cm³/mol. The van der Waals surface area contributed by atoms with Gasteiger partial charge in [0, 0.05) is 19.8 Å². The highest BCUT2D eigenvalue weighted by Crippen LogP contribution is 2.13. The molecule has 0 N–H and O–H groups in total. The van der Waals surface area contributed by atoms with Gasteiger partial charge in [0.15, 0.2) is 0 Å². The number of hydrogen-bond donors (Lipinski definition) is 0. The third kappa shape index (κ3) is 17.2. The van der Waals surface area contributed by atoms with E-state index >= 15 is 0 Å². The van der Waals surface area contributed by atoms with E-state index in [1.165, 1.54) is 45.4 Å². The molecule has 0 aliphatic heterocycles. The van der Waals surface area contributed by atoms with Crippen LogP contribution in [0.3, 0.4) is 0 Å². The molecular formula is C21H38O3. The summed E-state index contributed by atoms with van der Waals surface area (Å²) in [6.07, 6.45) is 18.8. The predicted octanol–water partition coefficient (Wildman–Crippen LogP) is 6.15. The highest BCUT2D eigenvalue weighted by molar-refractivity contribution is 5.75. The molecule has 0 aromatic carbocycles. The smallest absolute Gasteiger partial charge is 0.302 e. The Morgan fingerprint density at radius 2 is 1.54 bits per heavy atom. The molecule has 0 rings (SSSR count). The first-order valence-electron chi connectivity index (χ1n) is 9.88. The summed E-state index contributed by atoms with van der Waals surface area (Å²) in [5, 5.41) is 0. The summed E-state index contributed by atoms with van der Waals surface area (Å²) < 4.78 is 5.40. The maximum absolute atomic E-state index is 11.2. The largest absolute Gasteiger partial charge is 0.462 e. The Balaban J connectivity index is 3.69. The Kier molecular flexibility index (Phi) is 15.9. The molecule has 0 fully saturated rings. The number of ketones is 1. The minimum Gasteiger partial charge on any atom is -0.462 e. The van der Waals surface area contributed by atoms with Crippen molar-refractivity contribution < 1.29 is 14.3 Å². The topological polar surface area (TPSA) is 43.4 Å². The lowest BCUT2D eigenvalue weighted by Gasteiger charge is -2.15. The Labute approximate surface area is 149 Å². The minimum absolute atomic E-state index is 0.0437. The second-order valence-corrected chi connectivity index (χ2v) is 6.80. The van der Waals surface area contributed by atoms with Crippen molar-refractivity contribution in [3.8, 4) is 0 Å². The van der Waals surface area contributed by atoms with E-state index < -0.39 is 0 Å². The molecule has 0 heterocycles. The highest BCUT2D eigenvalue weighted by Gasteiger charge is 2.09. The van der Waals surface area contributed by atoms with E-state index in [0.29, 0.717) is 5.78 Å². The van der Waals surface area contributed by atoms with Crippen molar-refractivity contribution in [3.05, 3.63) is 12.2 Å². The number of Topliss-reactive ketones (excluding diaryl/α,β-unsaturated/α-hetero) is 1. The monoisotopic (exact) mass is 338 g/mol. The van der Waals surface area contributed by atoms with Crippen molar-refractivity contribution in [3.63, 3.8) is 0 Å². The average Bonchev–Trinajstić information content (AvgIpc) is 2.52. The van der Waals surface area contributed by atoms with Crippen LogP contribution in [0.15, 0.2) is 12.2 Å². The summed E-state index contributed by atoms with van der Waals surface area (Å²) in [7, 11) is 0. The molecule has 3 heteroatoms. The van der Waals surface area contributed by atoms with Gasteiger partial charge < -0.3 is 9.53 Å². The van der Waals surface area contributed by atoms with Gasteiger partial charge in [-0.3, -0.25) is 4.79 Å². The van der Waals surface area contributed by atoms with Gasteiger partial charge in [0.1, 0.15) is 11.9 Å². The van der Waals surface area contributed by atoms with Crippen LogP contribution in [0.2, 0.25) is 0 Å². The van der Waals surface area contributed by atoms with Gasteiger partial charge in [-0.2, -0.15) is 0 Å². The van der Waals surface area contributed by atoms with Gasteiger partial charge in [-0.1, -0.05) is 57.6 Å². The lowest BCUT2D eigenvalue weighted by molar-refractivity contribution is -0.146. The highest BCUT2D eigenvalue weighted by atomic mass is 16.5. The number of hydrogen-bond acceptors (Lipinski definition) is 3. The van der Waals surface area contributed by atoms with E-state index in [1.807, 2.05) is 0 Å². The van der Waals surface area contributed by atoms with Crippen LogP contribution in [-0.2, 0) is 14.3 Å². The molecule has 0 aliphatic rings. The van der Waals surface area contributed by atoms with Crippen LogP contribution < -0.4 is 0 Å². The van der Waals surface area contributed by atoms with Gasteiger partial charge in [-0.05, 0) is 39.0 Å². The molecule has 0 spiro atoms. The first-order valence-corrected chi connectivity index (χ1v) is 9.88. The van der Waals surface area contributed by atoms with Gasteiger partial charge in [-0.15, -0.1) is 0 Å². The SMILES string of the molecule is CCCCCCC(CC=CCCCCCCCC(C)=O)OC(C)=O. The number of carbonyl (C=O) groups excluding carboxylic acids is 2. The molecule has 0 saturated carbocycles. The molecule has 0 amide bonds. The molecule has 0 radical (unpaired) electrons. The summed E-state index contributed by atoms with van der Waals surface area (Å²) in [4.78, 5) is 22.0. The molecule has 1 unspecified atom stereocenters. The standard InChI is InChI=1S/C21H38O3/c1-4-5-6-14-17-21(24-20(3)23)18-15-12-10-8-7-9-11-13-16-19(2)22/h12,15,21H,4-11,13-14,16-18H2,1-3H3. The molecule has 24 heavy (non-hydrogen) atoms. The fourth-order valence-electron chi connectivity index (χ4n) is 2.79. The second kappa shape index (κ2) is 16.7. The fourth-order valence-corrected chi connectivity index (χ4v) is 2.79. The summed E-state index contributed by atoms with van der Waals surface area (Å²) >= 11 is 0. The van der Waals surface area contributed by atoms with Gasteiger partial charge in [0.05, 0.1) is 0 Å². The van der Waals surface area contributed by atoms with E-state index in [-0.39, 0.29) is 12.1 Å². The molecule has 0 aromatic rings. The third-order valence-corrected chi connectivity index (χ3v) is 4.18. The zero-order valence-electron chi connectivity index (χ0n) is 16.1. The van der Waals surface area contributed by atoms with Crippen molar-refractivity contribution in [2.75, 3.05) is 0 Å². The number of unbranched alkanes of at least 4 members (excludes halogenated alkanes) is 8. The quantitative estimate of drug-likeness (QED) is 0.192. The Morgan fingerprint density at radius 3 is 2.21 bits per heavy atom. The van der Waals surface area contributed by atoms with Crippen LogP contribution in [0.25, 0.3) is 0 Å². The van der Waals surface area contributed by atoms with E-state index in [4.69, 9.17) is 4.74 Å². The van der Waals surface area contributed by atoms with Crippen molar-refractivity contribution >= 4 is 11.8 Å². The van der Waals surface area contributed by atoms with Crippen molar-refractivity contribution in [1.29, 1.82) is 0 Å². The molecule has 1 atom stereocenters. The number of carbonyl (C=O) groups is 2. The zero-order valence-corrected chi connectivity index (χ0v) is 16.1. The minimum atomic E-state index is -0.172. The van der Waals surface area contributed by atoms with Crippen LogP contribution in [0.4, 0.5) is 0 Å². The molecule has 140 valence electrons. The summed E-state index contributed by atoms with van der Waals surface area (Å²) in [6, 6.07) is 0. The molecule has 0 bridgehead atoms. The van der Waals surface area contributed by atoms with E-state index in [2.05, 4.69) is 19.1 Å². The van der Waals surface area contributed by atoms with E-state index in [9.17, 15) is 9.59 Å². The molecule has 0 aromatic heterocycles. The van der Waals surface area contributed by atoms with Gasteiger partial charge >= 0.3 is 5.97 Å². The summed E-state index contributed by atoms with van der Waals surface area (Å²) in [5.74, 6) is 0.129. The number of ether oxygens (including phenoxy) is 1. The van der Waals surface area contributed by atoms with Crippen LogP contribution >= 0.6 is 0 Å². The number of esters is 1. The van der Waals surface area contributed by atoms with Crippen molar-refractivity contribution in [1.82, 2.24) is 0 Å².